The number of hydrogen-bond donors (Lipinski definition) is 3. The van der Waals surface area contributed by atoms with Crippen molar-refractivity contribution in [2.24, 2.45) is 10.8 Å². The van der Waals surface area contributed by atoms with Gasteiger partial charge in [0.1, 0.15) is 0 Å². The standard InChI is InChI=1S/C10H9N3O4/c11-8(14)9(15)13-12-5-6-3-1-2-4-7(6)10(16)17/h1-5H,(H2,11,14)(H,13,15)(H,16,17). The van der Waals surface area contributed by atoms with Crippen LogP contribution in [-0.4, -0.2) is 29.1 Å². The van der Waals surface area contributed by atoms with E-state index in [4.69, 9.17) is 5.11 Å². The summed E-state index contributed by atoms with van der Waals surface area (Å²) >= 11 is 0. The van der Waals surface area contributed by atoms with Crippen LogP contribution in [0.1, 0.15) is 15.9 Å². The second kappa shape index (κ2) is 5.40. The topological polar surface area (TPSA) is 122 Å². The lowest BCUT2D eigenvalue weighted by Crippen LogP contribution is -2.32. The van der Waals surface area contributed by atoms with Gasteiger partial charge in [-0.2, -0.15) is 5.10 Å². The first kappa shape index (κ1) is 12.4. The van der Waals surface area contributed by atoms with Crippen LogP contribution >= 0.6 is 0 Å². The second-order valence-electron chi connectivity index (χ2n) is 2.96. The number of hydrogen-bond acceptors (Lipinski definition) is 4. The van der Waals surface area contributed by atoms with Gasteiger partial charge >= 0.3 is 17.8 Å². The lowest BCUT2D eigenvalue weighted by Gasteiger charge is -1.99. The molecule has 0 unspecified atom stereocenters. The molecular weight excluding hydrogens is 226 g/mol. The molecule has 0 radical (unpaired) electrons. The Morgan fingerprint density at radius 2 is 1.94 bits per heavy atom. The van der Waals surface area contributed by atoms with Crippen molar-refractivity contribution in [2.75, 3.05) is 0 Å². The molecule has 4 N–H and O–H groups in total. The molecule has 1 rings (SSSR count). The number of primary amides is 1. The van der Waals surface area contributed by atoms with Gasteiger partial charge in [-0.15, -0.1) is 0 Å². The summed E-state index contributed by atoms with van der Waals surface area (Å²) in [6, 6.07) is 6.06. The third-order valence-corrected chi connectivity index (χ3v) is 1.78. The molecule has 1 aromatic rings. The molecule has 0 atom stereocenters. The Morgan fingerprint density at radius 1 is 1.29 bits per heavy atom. The maximum Gasteiger partial charge on any atom is 0.336 e. The first-order valence-corrected chi connectivity index (χ1v) is 4.47. The number of carbonyl (C=O) groups excluding carboxylic acids is 2. The first-order valence-electron chi connectivity index (χ1n) is 4.47. The van der Waals surface area contributed by atoms with Gasteiger partial charge in [-0.25, -0.2) is 10.2 Å². The van der Waals surface area contributed by atoms with Crippen molar-refractivity contribution in [2.45, 2.75) is 0 Å². The van der Waals surface area contributed by atoms with Crippen LogP contribution in [0.15, 0.2) is 29.4 Å². The number of nitrogens with two attached hydrogens (primary N) is 1. The SMILES string of the molecule is NC(=O)C(=O)NN=Cc1ccccc1C(=O)O. The summed E-state index contributed by atoms with van der Waals surface area (Å²) in [5.74, 6) is -3.36. The summed E-state index contributed by atoms with van der Waals surface area (Å²) in [4.78, 5) is 31.9. The zero-order valence-electron chi connectivity index (χ0n) is 8.58. The van der Waals surface area contributed by atoms with E-state index >= 15 is 0 Å². The molecule has 7 heteroatoms. The van der Waals surface area contributed by atoms with Gasteiger partial charge < -0.3 is 10.8 Å². The highest BCUT2D eigenvalue weighted by atomic mass is 16.4. The van der Waals surface area contributed by atoms with Crippen molar-refractivity contribution in [1.29, 1.82) is 0 Å². The van der Waals surface area contributed by atoms with E-state index in [0.29, 0.717) is 5.56 Å². The minimum atomic E-state index is -1.17. The molecule has 88 valence electrons. The molecule has 7 nitrogen and oxygen atoms in total. The molecule has 1 aromatic carbocycles. The fourth-order valence-electron chi connectivity index (χ4n) is 1.02. The molecule has 0 aliphatic carbocycles. The monoisotopic (exact) mass is 235 g/mol. The Bertz CT molecular complexity index is 496. The maximum atomic E-state index is 10.8. The van der Waals surface area contributed by atoms with Crippen LogP contribution in [0.25, 0.3) is 0 Å². The molecular formula is C10H9N3O4. The number of nitrogens with one attached hydrogen (secondary N) is 1. The molecule has 0 heterocycles. The van der Waals surface area contributed by atoms with E-state index in [1.165, 1.54) is 12.1 Å². The molecule has 0 aliphatic rings. The molecule has 17 heavy (non-hydrogen) atoms. The zero-order chi connectivity index (χ0) is 12.8. The van der Waals surface area contributed by atoms with Gasteiger partial charge in [0.2, 0.25) is 0 Å². The van der Waals surface area contributed by atoms with Crippen molar-refractivity contribution in [3.63, 3.8) is 0 Å². The van der Waals surface area contributed by atoms with E-state index in [2.05, 4.69) is 10.8 Å². The van der Waals surface area contributed by atoms with E-state index in [1.54, 1.807) is 12.1 Å². The fraction of sp³-hybridized carbons (Fsp3) is 0. The van der Waals surface area contributed by atoms with E-state index in [0.717, 1.165) is 6.21 Å². The third kappa shape index (κ3) is 3.42. The summed E-state index contributed by atoms with van der Waals surface area (Å²) in [7, 11) is 0. The van der Waals surface area contributed by atoms with Crippen LogP contribution in [0.5, 0.6) is 0 Å². The lowest BCUT2D eigenvalue weighted by molar-refractivity contribution is -0.137. The number of hydrazone groups is 1. The summed E-state index contributed by atoms with van der Waals surface area (Å²) in [6.07, 6.45) is 1.12. The van der Waals surface area contributed by atoms with E-state index in [1.807, 2.05) is 5.43 Å². The smallest absolute Gasteiger partial charge is 0.336 e. The normalized spacial score (nSPS) is 10.1. The average Bonchev–Trinajstić information content (AvgIpc) is 2.29. The van der Waals surface area contributed by atoms with Crippen molar-refractivity contribution < 1.29 is 19.5 Å². The van der Waals surface area contributed by atoms with Gasteiger partial charge in [0.25, 0.3) is 0 Å². The summed E-state index contributed by atoms with van der Waals surface area (Å²) in [6.45, 7) is 0. The molecule has 0 saturated heterocycles. The largest absolute Gasteiger partial charge is 0.478 e. The number of aromatic carboxylic acids is 1. The molecule has 0 fully saturated rings. The van der Waals surface area contributed by atoms with Gasteiger partial charge in [0.05, 0.1) is 11.8 Å². The second-order valence-corrected chi connectivity index (χ2v) is 2.96. The van der Waals surface area contributed by atoms with E-state index in [9.17, 15) is 14.4 Å². The Kier molecular flexibility index (Phi) is 3.93. The van der Waals surface area contributed by atoms with Crippen LogP contribution in [0.4, 0.5) is 0 Å². The number of carbonyl (C=O) groups is 3. The van der Waals surface area contributed by atoms with Crippen LogP contribution < -0.4 is 11.2 Å². The van der Waals surface area contributed by atoms with Gasteiger partial charge in [0, 0.05) is 5.56 Å². The van der Waals surface area contributed by atoms with E-state index in [-0.39, 0.29) is 5.56 Å². The highest BCUT2D eigenvalue weighted by Crippen LogP contribution is 2.05. The number of carboxylic acid groups (broad SMARTS) is 1. The zero-order valence-corrected chi connectivity index (χ0v) is 8.58. The first-order chi connectivity index (χ1) is 8.02. The maximum absolute atomic E-state index is 10.8. The van der Waals surface area contributed by atoms with Gasteiger partial charge in [-0.3, -0.25) is 9.59 Å². The Labute approximate surface area is 95.9 Å². The molecule has 0 bridgehead atoms. The van der Waals surface area contributed by atoms with Crippen LogP contribution in [0, 0.1) is 0 Å². The highest BCUT2D eigenvalue weighted by molar-refractivity contribution is 6.34. The van der Waals surface area contributed by atoms with Gasteiger partial charge in [-0.05, 0) is 6.07 Å². The fourth-order valence-corrected chi connectivity index (χ4v) is 1.02. The van der Waals surface area contributed by atoms with Crippen LogP contribution in [0.3, 0.4) is 0 Å². The van der Waals surface area contributed by atoms with Crippen molar-refractivity contribution >= 4 is 24.0 Å². The van der Waals surface area contributed by atoms with Crippen LogP contribution in [0.2, 0.25) is 0 Å². The third-order valence-electron chi connectivity index (χ3n) is 1.78. The number of benzene rings is 1. The minimum absolute atomic E-state index is 0.0320. The number of rotatable bonds is 3. The Balaban J connectivity index is 2.81. The molecule has 0 aliphatic heterocycles. The van der Waals surface area contributed by atoms with Crippen molar-refractivity contribution in [1.82, 2.24) is 5.43 Å². The highest BCUT2D eigenvalue weighted by Gasteiger charge is 2.08. The lowest BCUT2D eigenvalue weighted by atomic mass is 10.1. The quantitative estimate of drug-likeness (QED) is 0.365. The predicted octanol–water partition coefficient (Wildman–Crippen LogP) is -0.680. The van der Waals surface area contributed by atoms with Gasteiger partial charge in [0.15, 0.2) is 0 Å². The summed E-state index contributed by atoms with van der Waals surface area (Å²) in [5.41, 5.74) is 6.86. The van der Waals surface area contributed by atoms with Crippen LogP contribution in [-0.2, 0) is 9.59 Å². The molecule has 0 aromatic heterocycles. The predicted molar refractivity (Wildman–Crippen MR) is 58.3 cm³/mol. The average molecular weight is 235 g/mol. The minimum Gasteiger partial charge on any atom is -0.478 e. The van der Waals surface area contributed by atoms with Crippen molar-refractivity contribution in [3.05, 3.63) is 35.4 Å². The van der Waals surface area contributed by atoms with Gasteiger partial charge in [-0.1, -0.05) is 18.2 Å². The number of amides is 2. The Morgan fingerprint density at radius 3 is 2.53 bits per heavy atom. The molecule has 0 spiro atoms. The van der Waals surface area contributed by atoms with Crippen molar-refractivity contribution in [3.8, 4) is 0 Å². The van der Waals surface area contributed by atoms with E-state index < -0.39 is 17.8 Å². The Hall–Kier alpha value is -2.70. The molecule has 0 saturated carbocycles. The molecule has 2 amide bonds. The number of carboxylic acids is 1. The summed E-state index contributed by atoms with van der Waals surface area (Å²) < 4.78 is 0. The number of nitrogens with zero attached hydrogens (tertiary/aromatic N) is 1. The summed E-state index contributed by atoms with van der Waals surface area (Å²) in [5, 5.41) is 12.3.